The Morgan fingerprint density at radius 2 is 1.63 bits per heavy atom. The molecule has 0 atom stereocenters. The van der Waals surface area contributed by atoms with Crippen LogP contribution in [0.15, 0.2) is 89.8 Å². The summed E-state index contributed by atoms with van der Waals surface area (Å²) in [6.07, 6.45) is 1.12. The Labute approximate surface area is 174 Å². The lowest BCUT2D eigenvalue weighted by Crippen LogP contribution is -2.14. The number of ether oxygens (including phenoxy) is 1. The highest BCUT2D eigenvalue weighted by Crippen LogP contribution is 2.28. The third-order valence-electron chi connectivity index (χ3n) is 4.41. The van der Waals surface area contributed by atoms with Gasteiger partial charge in [-0.1, -0.05) is 42.5 Å². The molecule has 0 fully saturated rings. The molecule has 4 aromatic rings. The lowest BCUT2D eigenvalue weighted by Gasteiger charge is -2.12. The molecular weight excluding hydrogens is 400 g/mol. The summed E-state index contributed by atoms with van der Waals surface area (Å²) in [7, 11) is -3.39. The van der Waals surface area contributed by atoms with Gasteiger partial charge in [-0.05, 0) is 42.5 Å². The van der Waals surface area contributed by atoms with E-state index in [9.17, 15) is 13.2 Å². The summed E-state index contributed by atoms with van der Waals surface area (Å²) in [5.74, 6) is 0.259. The van der Waals surface area contributed by atoms with Gasteiger partial charge in [-0.3, -0.25) is 4.79 Å². The molecule has 30 heavy (non-hydrogen) atoms. The molecule has 0 radical (unpaired) electrons. The van der Waals surface area contributed by atoms with Crippen molar-refractivity contribution in [3.05, 3.63) is 90.5 Å². The van der Waals surface area contributed by atoms with Gasteiger partial charge in [0.1, 0.15) is 11.3 Å². The van der Waals surface area contributed by atoms with Crippen molar-refractivity contribution < 1.29 is 17.9 Å². The standard InChI is InChI=1S/C23H18N2O4S/c1-30(27,28)19-12-7-9-17(15-19)24-22(26)20-14-16-8-5-6-13-21(16)25-23(20)29-18-10-3-2-4-11-18/h2-15H,1H3,(H,24,26). The third-order valence-corrected chi connectivity index (χ3v) is 5.52. The SMILES string of the molecule is CS(=O)(=O)c1cccc(NC(=O)c2cc3ccccc3nc2Oc2ccccc2)c1. The van der Waals surface area contributed by atoms with Gasteiger partial charge in [0, 0.05) is 17.3 Å². The molecule has 0 aliphatic rings. The van der Waals surface area contributed by atoms with E-state index in [1.807, 2.05) is 42.5 Å². The van der Waals surface area contributed by atoms with Gasteiger partial charge in [-0.15, -0.1) is 0 Å². The maximum Gasteiger partial charge on any atom is 0.261 e. The highest BCUT2D eigenvalue weighted by molar-refractivity contribution is 7.90. The van der Waals surface area contributed by atoms with Crippen LogP contribution in [0.1, 0.15) is 10.4 Å². The Balaban J connectivity index is 1.73. The number of pyridine rings is 1. The van der Waals surface area contributed by atoms with Crippen LogP contribution in [0.5, 0.6) is 11.6 Å². The molecule has 0 spiro atoms. The summed E-state index contributed by atoms with van der Waals surface area (Å²) in [4.78, 5) is 17.7. The second-order valence-corrected chi connectivity index (χ2v) is 8.72. The fraction of sp³-hybridized carbons (Fsp3) is 0.0435. The van der Waals surface area contributed by atoms with Crippen LogP contribution in [0.2, 0.25) is 0 Å². The number of nitrogens with one attached hydrogen (secondary N) is 1. The first-order chi connectivity index (χ1) is 14.4. The minimum absolute atomic E-state index is 0.123. The van der Waals surface area contributed by atoms with E-state index in [-0.39, 0.29) is 16.3 Å². The quantitative estimate of drug-likeness (QED) is 0.508. The maximum atomic E-state index is 13.0. The number of hydrogen-bond donors (Lipinski definition) is 1. The van der Waals surface area contributed by atoms with Crippen molar-refractivity contribution in [1.29, 1.82) is 0 Å². The van der Waals surface area contributed by atoms with E-state index >= 15 is 0 Å². The first kappa shape index (κ1) is 19.6. The Hall–Kier alpha value is -3.71. The molecule has 4 rings (SSSR count). The lowest BCUT2D eigenvalue weighted by atomic mass is 10.1. The van der Waals surface area contributed by atoms with Crippen LogP contribution in [0.4, 0.5) is 5.69 Å². The molecule has 1 amide bonds. The highest BCUT2D eigenvalue weighted by atomic mass is 32.2. The molecule has 1 N–H and O–H groups in total. The Morgan fingerprint density at radius 1 is 0.900 bits per heavy atom. The molecule has 0 bridgehead atoms. The van der Waals surface area contributed by atoms with Gasteiger partial charge in [0.15, 0.2) is 9.84 Å². The van der Waals surface area contributed by atoms with Crippen molar-refractivity contribution in [2.45, 2.75) is 4.90 Å². The summed E-state index contributed by atoms with van der Waals surface area (Å²) in [6.45, 7) is 0. The van der Waals surface area contributed by atoms with Crippen LogP contribution in [0, 0.1) is 0 Å². The first-order valence-corrected chi connectivity index (χ1v) is 11.0. The average Bonchev–Trinajstić information content (AvgIpc) is 2.73. The number of rotatable bonds is 5. The Morgan fingerprint density at radius 3 is 2.40 bits per heavy atom. The molecule has 0 aliphatic heterocycles. The number of benzene rings is 3. The summed E-state index contributed by atoms with van der Waals surface area (Å²) in [5, 5.41) is 3.52. The number of carbonyl (C=O) groups excluding carboxylic acids is 1. The summed E-state index contributed by atoms with van der Waals surface area (Å²) >= 11 is 0. The lowest BCUT2D eigenvalue weighted by molar-refractivity contribution is 0.102. The van der Waals surface area contributed by atoms with E-state index in [0.717, 1.165) is 11.6 Å². The Bertz CT molecular complexity index is 1340. The molecule has 1 aromatic heterocycles. The van der Waals surface area contributed by atoms with Gasteiger partial charge in [0.2, 0.25) is 5.88 Å². The highest BCUT2D eigenvalue weighted by Gasteiger charge is 2.18. The van der Waals surface area contributed by atoms with E-state index in [2.05, 4.69) is 10.3 Å². The second-order valence-electron chi connectivity index (χ2n) is 6.70. The number of para-hydroxylation sites is 2. The predicted molar refractivity (Wildman–Crippen MR) is 116 cm³/mol. The second kappa shape index (κ2) is 7.96. The van der Waals surface area contributed by atoms with Crippen molar-refractivity contribution in [2.75, 3.05) is 11.6 Å². The maximum absolute atomic E-state index is 13.0. The summed E-state index contributed by atoms with van der Waals surface area (Å²) < 4.78 is 29.5. The van der Waals surface area contributed by atoms with Gasteiger partial charge < -0.3 is 10.1 Å². The van der Waals surface area contributed by atoms with E-state index in [1.165, 1.54) is 12.1 Å². The van der Waals surface area contributed by atoms with Crippen molar-refractivity contribution in [1.82, 2.24) is 4.98 Å². The first-order valence-electron chi connectivity index (χ1n) is 9.14. The number of sulfone groups is 1. The molecule has 0 aliphatic carbocycles. The number of amides is 1. The normalized spacial score (nSPS) is 11.2. The molecule has 1 heterocycles. The number of carbonyl (C=O) groups is 1. The van der Waals surface area contributed by atoms with Crippen LogP contribution in [-0.2, 0) is 9.84 Å². The van der Waals surface area contributed by atoms with E-state index in [0.29, 0.717) is 17.0 Å². The van der Waals surface area contributed by atoms with E-state index < -0.39 is 15.7 Å². The average molecular weight is 418 g/mol. The van der Waals surface area contributed by atoms with Crippen LogP contribution in [0.3, 0.4) is 0 Å². The predicted octanol–water partition coefficient (Wildman–Crippen LogP) is 4.68. The number of nitrogens with zero attached hydrogens (tertiary/aromatic N) is 1. The van der Waals surface area contributed by atoms with Crippen molar-refractivity contribution in [3.63, 3.8) is 0 Å². The number of anilines is 1. The fourth-order valence-corrected chi connectivity index (χ4v) is 3.61. The monoisotopic (exact) mass is 418 g/mol. The molecule has 0 saturated carbocycles. The van der Waals surface area contributed by atoms with Gasteiger partial charge in [0.05, 0.1) is 10.4 Å². The van der Waals surface area contributed by atoms with Crippen molar-refractivity contribution in [2.24, 2.45) is 0 Å². The largest absolute Gasteiger partial charge is 0.438 e. The minimum atomic E-state index is -3.39. The van der Waals surface area contributed by atoms with E-state index in [1.54, 1.807) is 30.3 Å². The Kier molecular flexibility index (Phi) is 5.20. The number of fused-ring (bicyclic) bond motifs is 1. The number of aromatic nitrogens is 1. The van der Waals surface area contributed by atoms with Crippen LogP contribution in [0.25, 0.3) is 10.9 Å². The zero-order chi connectivity index (χ0) is 21.1. The minimum Gasteiger partial charge on any atom is -0.438 e. The van der Waals surface area contributed by atoms with Crippen molar-refractivity contribution in [3.8, 4) is 11.6 Å². The number of hydrogen-bond acceptors (Lipinski definition) is 5. The van der Waals surface area contributed by atoms with E-state index in [4.69, 9.17) is 4.74 Å². The molecule has 7 heteroatoms. The zero-order valence-corrected chi connectivity index (χ0v) is 16.9. The summed E-state index contributed by atoms with van der Waals surface area (Å²) in [5.41, 5.74) is 1.29. The van der Waals surface area contributed by atoms with Crippen LogP contribution in [-0.4, -0.2) is 25.6 Å². The van der Waals surface area contributed by atoms with Gasteiger partial charge >= 0.3 is 0 Å². The van der Waals surface area contributed by atoms with Gasteiger partial charge in [-0.2, -0.15) is 0 Å². The summed E-state index contributed by atoms with van der Waals surface area (Å²) in [6, 6.07) is 24.3. The molecule has 6 nitrogen and oxygen atoms in total. The topological polar surface area (TPSA) is 85.4 Å². The van der Waals surface area contributed by atoms with Gasteiger partial charge in [0.25, 0.3) is 5.91 Å². The fourth-order valence-electron chi connectivity index (χ4n) is 2.94. The molecule has 150 valence electrons. The third kappa shape index (κ3) is 4.31. The smallest absolute Gasteiger partial charge is 0.261 e. The van der Waals surface area contributed by atoms with Crippen LogP contribution >= 0.6 is 0 Å². The van der Waals surface area contributed by atoms with Gasteiger partial charge in [-0.25, -0.2) is 13.4 Å². The molecule has 0 saturated heterocycles. The van der Waals surface area contributed by atoms with Crippen LogP contribution < -0.4 is 10.1 Å². The molecular formula is C23H18N2O4S. The van der Waals surface area contributed by atoms with Crippen molar-refractivity contribution >= 4 is 32.3 Å². The molecule has 0 unspecified atom stereocenters. The molecule has 3 aromatic carbocycles. The zero-order valence-electron chi connectivity index (χ0n) is 16.1.